The highest BCUT2D eigenvalue weighted by atomic mass is 16.5. The van der Waals surface area contributed by atoms with E-state index in [1.807, 2.05) is 85.1 Å². The third kappa shape index (κ3) is 4.34. The lowest BCUT2D eigenvalue weighted by Gasteiger charge is -2.10. The molecule has 0 saturated carbocycles. The summed E-state index contributed by atoms with van der Waals surface area (Å²) in [4.78, 5) is 26.2. The molecule has 0 aliphatic heterocycles. The molecule has 2 aromatic heterocycles. The summed E-state index contributed by atoms with van der Waals surface area (Å²) in [6, 6.07) is 20.7. The number of ether oxygens (including phenoxy) is 1. The van der Waals surface area contributed by atoms with Crippen LogP contribution in [0.25, 0.3) is 17.5 Å². The van der Waals surface area contributed by atoms with Gasteiger partial charge in [-0.3, -0.25) is 14.3 Å². The number of benzene rings is 2. The van der Waals surface area contributed by atoms with Gasteiger partial charge in [0, 0.05) is 24.1 Å². The third-order valence-electron chi connectivity index (χ3n) is 6.26. The number of carbonyl (C=O) groups is 1. The molecule has 0 atom stereocenters. The molecule has 0 unspecified atom stereocenters. The second kappa shape index (κ2) is 9.84. The van der Waals surface area contributed by atoms with Crippen molar-refractivity contribution in [2.24, 2.45) is 7.05 Å². The van der Waals surface area contributed by atoms with Crippen LogP contribution in [-0.2, 0) is 11.8 Å². The largest absolute Gasteiger partial charge is 0.497 e. The summed E-state index contributed by atoms with van der Waals surface area (Å²) < 4.78 is 10.4. The molecule has 8 nitrogen and oxygen atoms in total. The second-order valence-electron chi connectivity index (χ2n) is 8.42. The van der Waals surface area contributed by atoms with E-state index < -0.39 is 5.91 Å². The highest BCUT2D eigenvalue weighted by molar-refractivity contribution is 6.10. The molecule has 8 heteroatoms. The average molecular weight is 482 g/mol. The van der Waals surface area contributed by atoms with Crippen molar-refractivity contribution in [2.45, 2.75) is 20.8 Å². The maximum Gasteiger partial charge on any atom is 0.295 e. The Morgan fingerprint density at radius 1 is 1.00 bits per heavy atom. The standard InChI is InChI=1S/C28H27N5O3/c1-18-15-21(19(2)32(18)23-11-13-25(36-5)14-12-23)16-22(17-29)27(34)30-26-20(3)31(4)33(28(26)35)24-9-7-6-8-10-24/h6-16H,1-5H3,(H,30,34)/b22-16+. The highest BCUT2D eigenvalue weighted by Gasteiger charge is 2.20. The molecule has 0 fully saturated rings. The molecule has 36 heavy (non-hydrogen) atoms. The van der Waals surface area contributed by atoms with E-state index in [0.29, 0.717) is 11.4 Å². The average Bonchev–Trinajstić information content (AvgIpc) is 3.28. The summed E-state index contributed by atoms with van der Waals surface area (Å²) in [5.41, 5.74) is 4.42. The molecule has 2 aromatic carbocycles. The summed E-state index contributed by atoms with van der Waals surface area (Å²) >= 11 is 0. The first-order chi connectivity index (χ1) is 17.3. The maximum absolute atomic E-state index is 13.1. The molecule has 2 heterocycles. The fraction of sp³-hybridized carbons (Fsp3) is 0.179. The minimum absolute atomic E-state index is 0.0982. The fourth-order valence-electron chi connectivity index (χ4n) is 4.26. The minimum Gasteiger partial charge on any atom is -0.497 e. The summed E-state index contributed by atoms with van der Waals surface area (Å²) in [5, 5.41) is 12.4. The van der Waals surface area contributed by atoms with Crippen molar-refractivity contribution >= 4 is 17.7 Å². The van der Waals surface area contributed by atoms with E-state index in [-0.39, 0.29) is 16.8 Å². The van der Waals surface area contributed by atoms with E-state index in [4.69, 9.17) is 4.74 Å². The van der Waals surface area contributed by atoms with Gasteiger partial charge in [-0.05, 0) is 74.9 Å². The van der Waals surface area contributed by atoms with Crippen LogP contribution < -0.4 is 15.6 Å². The lowest BCUT2D eigenvalue weighted by atomic mass is 10.1. The van der Waals surface area contributed by atoms with Crippen molar-refractivity contribution < 1.29 is 9.53 Å². The lowest BCUT2D eigenvalue weighted by molar-refractivity contribution is -0.112. The second-order valence-corrected chi connectivity index (χ2v) is 8.42. The number of aryl methyl sites for hydroxylation is 1. The predicted octanol–water partition coefficient (Wildman–Crippen LogP) is 4.45. The first-order valence-corrected chi connectivity index (χ1v) is 11.4. The molecule has 0 aliphatic rings. The molecule has 4 aromatic rings. The SMILES string of the molecule is COc1ccc(-n2c(C)cc(/C=C(\C#N)C(=O)Nc3c(C)n(C)n(-c4ccccc4)c3=O)c2C)cc1. The number of carbonyl (C=O) groups excluding carboxylic acids is 1. The van der Waals surface area contributed by atoms with E-state index in [0.717, 1.165) is 28.4 Å². The van der Waals surface area contributed by atoms with E-state index in [1.165, 1.54) is 4.68 Å². The molecular formula is C28H27N5O3. The maximum atomic E-state index is 13.1. The number of rotatable bonds is 6. The number of hydrogen-bond acceptors (Lipinski definition) is 4. The molecule has 0 spiro atoms. The van der Waals surface area contributed by atoms with Gasteiger partial charge in [0.05, 0.1) is 18.5 Å². The molecule has 1 amide bonds. The molecule has 0 saturated heterocycles. The van der Waals surface area contributed by atoms with Crippen LogP contribution in [0, 0.1) is 32.1 Å². The summed E-state index contributed by atoms with van der Waals surface area (Å²) in [6.45, 7) is 5.63. The van der Waals surface area contributed by atoms with Crippen LogP contribution in [0.3, 0.4) is 0 Å². The predicted molar refractivity (Wildman–Crippen MR) is 140 cm³/mol. The number of para-hydroxylation sites is 1. The van der Waals surface area contributed by atoms with Crippen molar-refractivity contribution in [3.8, 4) is 23.2 Å². The number of amides is 1. The first-order valence-electron chi connectivity index (χ1n) is 11.4. The number of hydrogen-bond donors (Lipinski definition) is 1. The van der Waals surface area contributed by atoms with Crippen molar-refractivity contribution in [1.29, 1.82) is 5.26 Å². The molecular weight excluding hydrogens is 454 g/mol. The number of aromatic nitrogens is 3. The van der Waals surface area contributed by atoms with Crippen LogP contribution in [0.2, 0.25) is 0 Å². The van der Waals surface area contributed by atoms with Gasteiger partial charge in [-0.25, -0.2) is 4.68 Å². The Morgan fingerprint density at radius 2 is 1.67 bits per heavy atom. The van der Waals surface area contributed by atoms with Crippen LogP contribution in [0.15, 0.2) is 71.0 Å². The normalized spacial score (nSPS) is 11.3. The Labute approximate surface area is 209 Å². The van der Waals surface area contributed by atoms with Crippen LogP contribution in [0.1, 0.15) is 22.6 Å². The molecule has 0 bridgehead atoms. The number of methoxy groups -OCH3 is 1. The Bertz CT molecular complexity index is 1560. The molecule has 0 aliphatic carbocycles. The van der Waals surface area contributed by atoms with Gasteiger partial charge in [-0.2, -0.15) is 5.26 Å². The van der Waals surface area contributed by atoms with Gasteiger partial charge in [0.25, 0.3) is 11.5 Å². The van der Waals surface area contributed by atoms with Crippen molar-refractivity contribution in [2.75, 3.05) is 12.4 Å². The van der Waals surface area contributed by atoms with E-state index >= 15 is 0 Å². The highest BCUT2D eigenvalue weighted by Crippen LogP contribution is 2.25. The van der Waals surface area contributed by atoms with Gasteiger partial charge in [0.15, 0.2) is 0 Å². The zero-order valence-corrected chi connectivity index (χ0v) is 20.9. The zero-order chi connectivity index (χ0) is 26.0. The van der Waals surface area contributed by atoms with Crippen molar-refractivity contribution in [1.82, 2.24) is 13.9 Å². The number of nitrogens with zero attached hydrogens (tertiary/aromatic N) is 4. The smallest absolute Gasteiger partial charge is 0.295 e. The molecule has 1 N–H and O–H groups in total. The fourth-order valence-corrected chi connectivity index (χ4v) is 4.26. The summed E-state index contributed by atoms with van der Waals surface area (Å²) in [5.74, 6) is 0.116. The first kappa shape index (κ1) is 24.4. The van der Waals surface area contributed by atoms with Crippen molar-refractivity contribution in [3.63, 3.8) is 0 Å². The van der Waals surface area contributed by atoms with Gasteiger partial charge < -0.3 is 14.6 Å². The van der Waals surface area contributed by atoms with E-state index in [1.54, 1.807) is 31.8 Å². The van der Waals surface area contributed by atoms with Crippen molar-refractivity contribution in [3.05, 3.63) is 99.2 Å². The number of nitriles is 1. The zero-order valence-electron chi connectivity index (χ0n) is 20.9. The van der Waals surface area contributed by atoms with E-state index in [2.05, 4.69) is 5.32 Å². The summed E-state index contributed by atoms with van der Waals surface area (Å²) in [7, 11) is 3.36. The number of anilines is 1. The van der Waals surface area contributed by atoms with Gasteiger partial charge in [0.2, 0.25) is 0 Å². The minimum atomic E-state index is -0.641. The summed E-state index contributed by atoms with van der Waals surface area (Å²) in [6.07, 6.45) is 1.55. The van der Waals surface area contributed by atoms with Gasteiger partial charge in [0.1, 0.15) is 23.1 Å². The van der Waals surface area contributed by atoms with Crippen LogP contribution in [-0.4, -0.2) is 26.9 Å². The molecule has 4 rings (SSSR count). The molecule has 182 valence electrons. The van der Waals surface area contributed by atoms with Crippen LogP contribution >= 0.6 is 0 Å². The Balaban J connectivity index is 1.67. The van der Waals surface area contributed by atoms with Crippen LogP contribution in [0.5, 0.6) is 5.75 Å². The Morgan fingerprint density at radius 3 is 2.28 bits per heavy atom. The van der Waals surface area contributed by atoms with Crippen LogP contribution in [0.4, 0.5) is 5.69 Å². The Hall–Kier alpha value is -4.77. The monoisotopic (exact) mass is 481 g/mol. The van der Waals surface area contributed by atoms with Gasteiger partial charge in [-0.1, -0.05) is 18.2 Å². The topological polar surface area (TPSA) is 94.0 Å². The van der Waals surface area contributed by atoms with Gasteiger partial charge in [-0.15, -0.1) is 0 Å². The van der Waals surface area contributed by atoms with Gasteiger partial charge >= 0.3 is 0 Å². The van der Waals surface area contributed by atoms with E-state index in [9.17, 15) is 14.9 Å². The number of nitrogens with one attached hydrogen (secondary N) is 1. The molecule has 0 radical (unpaired) electrons. The quantitative estimate of drug-likeness (QED) is 0.325. The third-order valence-corrected chi connectivity index (χ3v) is 6.26. The lowest BCUT2D eigenvalue weighted by Crippen LogP contribution is -2.23. The Kier molecular flexibility index (Phi) is 6.66.